The van der Waals surface area contributed by atoms with Crippen LogP contribution < -0.4 is 14.2 Å². The summed E-state index contributed by atoms with van der Waals surface area (Å²) < 4.78 is 22.3. The quantitative estimate of drug-likeness (QED) is 0.323. The van der Waals surface area contributed by atoms with Gasteiger partial charge in [0.2, 0.25) is 6.79 Å². The highest BCUT2D eigenvalue weighted by atomic mass is 79.9. The number of aliphatic imine (C=N–C) groups is 1. The molecule has 1 N–H and O–H groups in total. The Morgan fingerprint density at radius 3 is 2.82 bits per heavy atom. The maximum absolute atomic E-state index is 10.5. The second kappa shape index (κ2) is 8.08. The number of halogens is 1. The number of hydrogen-bond acceptors (Lipinski definition) is 6. The molecule has 3 aromatic carbocycles. The molecular weight excluding hydrogens is 426 g/mol. The van der Waals surface area contributed by atoms with Crippen molar-refractivity contribution in [3.8, 4) is 23.0 Å². The molecule has 144 valence electrons. The number of rotatable bonds is 6. The molecule has 0 atom stereocenters. The predicted octanol–water partition coefficient (Wildman–Crippen LogP) is 5.16. The van der Waals surface area contributed by atoms with Crippen LogP contribution >= 0.6 is 15.9 Å². The average Bonchev–Trinajstić information content (AvgIpc) is 3.15. The Kier molecular flexibility index (Phi) is 5.36. The smallest absolute Gasteiger partial charge is 0.231 e. The van der Waals surface area contributed by atoms with Crippen LogP contribution in [0.4, 0.5) is 5.69 Å². The van der Waals surface area contributed by atoms with E-state index in [4.69, 9.17) is 18.9 Å². The van der Waals surface area contributed by atoms with Crippen molar-refractivity contribution in [1.29, 1.82) is 0 Å². The van der Waals surface area contributed by atoms with Crippen molar-refractivity contribution < 1.29 is 24.1 Å². The van der Waals surface area contributed by atoms with E-state index in [0.29, 0.717) is 28.1 Å². The minimum absolute atomic E-state index is 0.00399. The number of fused-ring (bicyclic) bond motifs is 2. The van der Waals surface area contributed by atoms with Crippen molar-refractivity contribution in [3.05, 3.63) is 52.5 Å². The number of ether oxygens (including phenoxy) is 4. The van der Waals surface area contributed by atoms with Gasteiger partial charge in [0.25, 0.3) is 0 Å². The van der Waals surface area contributed by atoms with Gasteiger partial charge >= 0.3 is 0 Å². The van der Waals surface area contributed by atoms with Crippen LogP contribution in [-0.2, 0) is 4.74 Å². The molecule has 6 nitrogen and oxygen atoms in total. The van der Waals surface area contributed by atoms with Crippen molar-refractivity contribution in [1.82, 2.24) is 0 Å². The monoisotopic (exact) mass is 443 g/mol. The van der Waals surface area contributed by atoms with Gasteiger partial charge in [0.15, 0.2) is 29.8 Å². The van der Waals surface area contributed by atoms with Crippen molar-refractivity contribution >= 4 is 38.6 Å². The molecule has 0 amide bonds. The molecule has 0 fully saturated rings. The van der Waals surface area contributed by atoms with Crippen LogP contribution in [0.25, 0.3) is 10.8 Å². The van der Waals surface area contributed by atoms with Gasteiger partial charge in [-0.1, -0.05) is 12.1 Å². The van der Waals surface area contributed by atoms with E-state index in [9.17, 15) is 5.11 Å². The Labute approximate surface area is 170 Å². The summed E-state index contributed by atoms with van der Waals surface area (Å²) in [6.07, 6.45) is 1.60. The van der Waals surface area contributed by atoms with Gasteiger partial charge in [-0.25, -0.2) is 0 Å². The summed E-state index contributed by atoms with van der Waals surface area (Å²) >= 11 is 3.45. The van der Waals surface area contributed by atoms with Crippen molar-refractivity contribution in [2.45, 2.75) is 6.92 Å². The van der Waals surface area contributed by atoms with Crippen LogP contribution in [0.3, 0.4) is 0 Å². The maximum atomic E-state index is 10.5. The van der Waals surface area contributed by atoms with E-state index in [1.807, 2.05) is 37.3 Å². The topological polar surface area (TPSA) is 69.5 Å². The molecule has 0 spiro atoms. The molecule has 0 unspecified atom stereocenters. The van der Waals surface area contributed by atoms with E-state index < -0.39 is 0 Å². The summed E-state index contributed by atoms with van der Waals surface area (Å²) in [5, 5.41) is 12.5. The molecular formula is C21H18BrNO5. The summed E-state index contributed by atoms with van der Waals surface area (Å²) in [4.78, 5) is 4.59. The van der Waals surface area contributed by atoms with Gasteiger partial charge in [0, 0.05) is 22.7 Å². The fourth-order valence-electron chi connectivity index (χ4n) is 2.89. The zero-order chi connectivity index (χ0) is 19.5. The Morgan fingerprint density at radius 1 is 1.18 bits per heavy atom. The fraction of sp³-hybridized carbons (Fsp3) is 0.190. The minimum atomic E-state index is -0.00399. The third-order valence-electron chi connectivity index (χ3n) is 4.31. The average molecular weight is 444 g/mol. The first-order valence-corrected chi connectivity index (χ1v) is 9.55. The SMILES string of the molecule is CCOCOc1ccc(Br)c(C=Nc2cccc3cc4c(cc23)OCO4)c1O. The molecule has 0 bridgehead atoms. The molecule has 0 aliphatic carbocycles. The first-order valence-electron chi connectivity index (χ1n) is 8.76. The minimum Gasteiger partial charge on any atom is -0.504 e. The van der Waals surface area contributed by atoms with Crippen molar-refractivity contribution in [3.63, 3.8) is 0 Å². The highest BCUT2D eigenvalue weighted by molar-refractivity contribution is 9.10. The largest absolute Gasteiger partial charge is 0.504 e. The van der Waals surface area contributed by atoms with Gasteiger partial charge in [-0.15, -0.1) is 0 Å². The number of aromatic hydroxyl groups is 1. The van der Waals surface area contributed by atoms with Gasteiger partial charge in [-0.2, -0.15) is 0 Å². The third-order valence-corrected chi connectivity index (χ3v) is 5.00. The highest BCUT2D eigenvalue weighted by Crippen LogP contribution is 2.39. The van der Waals surface area contributed by atoms with E-state index in [-0.39, 0.29) is 19.3 Å². The lowest BCUT2D eigenvalue weighted by Crippen LogP contribution is -2.03. The van der Waals surface area contributed by atoms with Crippen molar-refractivity contribution in [2.24, 2.45) is 4.99 Å². The van der Waals surface area contributed by atoms with Gasteiger partial charge in [-0.05, 0) is 58.6 Å². The molecule has 1 heterocycles. The number of nitrogens with zero attached hydrogens (tertiary/aromatic N) is 1. The Hall–Kier alpha value is -2.77. The molecule has 28 heavy (non-hydrogen) atoms. The van der Waals surface area contributed by atoms with Crippen molar-refractivity contribution in [2.75, 3.05) is 20.2 Å². The van der Waals surface area contributed by atoms with Gasteiger partial charge in [0.05, 0.1) is 11.3 Å². The lowest BCUT2D eigenvalue weighted by atomic mass is 10.1. The number of benzene rings is 3. The van der Waals surface area contributed by atoms with Crippen LogP contribution in [0.1, 0.15) is 12.5 Å². The van der Waals surface area contributed by atoms with Crippen LogP contribution in [0, 0.1) is 0 Å². The zero-order valence-corrected chi connectivity index (χ0v) is 16.7. The molecule has 1 aliphatic heterocycles. The second-order valence-electron chi connectivity index (χ2n) is 6.02. The normalized spacial score (nSPS) is 12.8. The third kappa shape index (κ3) is 3.63. The van der Waals surface area contributed by atoms with E-state index in [0.717, 1.165) is 22.2 Å². The molecule has 7 heteroatoms. The summed E-state index contributed by atoms with van der Waals surface area (Å²) in [6, 6.07) is 13.1. The van der Waals surface area contributed by atoms with Crippen LogP contribution in [0.5, 0.6) is 23.0 Å². The molecule has 0 aromatic heterocycles. The first kappa shape index (κ1) is 18.6. The number of phenols is 1. The standard InChI is InChI=1S/C21H18BrNO5/c1-2-25-11-26-18-7-6-16(22)15(21(18)24)10-23-17-5-3-4-13-8-19-20(9-14(13)17)28-12-27-19/h3-10,24H,2,11-12H2,1H3. The van der Waals surface area contributed by atoms with E-state index in [1.165, 1.54) is 0 Å². The Morgan fingerprint density at radius 2 is 2.00 bits per heavy atom. The number of phenolic OH excluding ortho intramolecular Hbond substituents is 1. The van der Waals surface area contributed by atoms with Gasteiger partial charge in [0.1, 0.15) is 0 Å². The summed E-state index contributed by atoms with van der Waals surface area (Å²) in [6.45, 7) is 2.70. The van der Waals surface area contributed by atoms with Crippen LogP contribution in [0.15, 0.2) is 51.9 Å². The van der Waals surface area contributed by atoms with Crippen LogP contribution in [0.2, 0.25) is 0 Å². The van der Waals surface area contributed by atoms with Crippen LogP contribution in [-0.4, -0.2) is 31.5 Å². The lowest BCUT2D eigenvalue weighted by Gasteiger charge is -2.11. The fourth-order valence-corrected chi connectivity index (χ4v) is 3.31. The second-order valence-corrected chi connectivity index (χ2v) is 6.88. The summed E-state index contributed by atoms with van der Waals surface area (Å²) in [5.74, 6) is 1.76. The molecule has 0 saturated carbocycles. The first-order chi connectivity index (χ1) is 13.7. The predicted molar refractivity (Wildman–Crippen MR) is 110 cm³/mol. The zero-order valence-electron chi connectivity index (χ0n) is 15.1. The number of hydrogen-bond donors (Lipinski definition) is 1. The molecule has 0 saturated heterocycles. The Bertz CT molecular complexity index is 1050. The Balaban J connectivity index is 1.69. The van der Waals surface area contributed by atoms with E-state index >= 15 is 0 Å². The maximum Gasteiger partial charge on any atom is 0.231 e. The van der Waals surface area contributed by atoms with Gasteiger partial charge < -0.3 is 24.1 Å². The van der Waals surface area contributed by atoms with Gasteiger partial charge in [-0.3, -0.25) is 4.99 Å². The van der Waals surface area contributed by atoms with E-state index in [2.05, 4.69) is 20.9 Å². The summed E-state index contributed by atoms with van der Waals surface area (Å²) in [5.41, 5.74) is 1.27. The van der Waals surface area contributed by atoms with E-state index in [1.54, 1.807) is 18.3 Å². The molecule has 0 radical (unpaired) electrons. The summed E-state index contributed by atoms with van der Waals surface area (Å²) in [7, 11) is 0. The lowest BCUT2D eigenvalue weighted by molar-refractivity contribution is 0.0209. The molecule has 4 rings (SSSR count). The highest BCUT2D eigenvalue weighted by Gasteiger charge is 2.16. The molecule has 3 aromatic rings. The molecule has 1 aliphatic rings.